The minimum atomic E-state index is 0.399. The van der Waals surface area contributed by atoms with Crippen LogP contribution >= 0.6 is 0 Å². The van der Waals surface area contributed by atoms with Gasteiger partial charge in [0.05, 0.1) is 6.20 Å². The van der Waals surface area contributed by atoms with Gasteiger partial charge in [-0.05, 0) is 36.4 Å². The van der Waals surface area contributed by atoms with Crippen molar-refractivity contribution in [3.05, 3.63) is 53.9 Å². The molecule has 2 atom stereocenters. The fourth-order valence-electron chi connectivity index (χ4n) is 2.67. The number of hydrogen-bond acceptors (Lipinski definition) is 2. The highest BCUT2D eigenvalue weighted by molar-refractivity contribution is 5.20. The largest absolute Gasteiger partial charge is 0.310 e. The van der Waals surface area contributed by atoms with Crippen molar-refractivity contribution in [3.8, 4) is 0 Å². The zero-order valence-electron chi connectivity index (χ0n) is 12.7. The zero-order valence-corrected chi connectivity index (χ0v) is 12.7. The van der Waals surface area contributed by atoms with Crippen LogP contribution in [0.15, 0.2) is 42.7 Å². The minimum Gasteiger partial charge on any atom is -0.310 e. The SMILES string of the molecule is CCCNC(c1ccccc1)C(C)Cc1cnn(C)c1. The molecule has 0 amide bonds. The summed E-state index contributed by atoms with van der Waals surface area (Å²) in [4.78, 5) is 0. The lowest BCUT2D eigenvalue weighted by Crippen LogP contribution is -2.28. The Kier molecular flexibility index (Phi) is 5.36. The molecule has 0 radical (unpaired) electrons. The Bertz CT molecular complexity index is 504. The van der Waals surface area contributed by atoms with Gasteiger partial charge in [0.2, 0.25) is 0 Å². The number of rotatable bonds is 7. The van der Waals surface area contributed by atoms with Crippen LogP contribution in [0.2, 0.25) is 0 Å². The summed E-state index contributed by atoms with van der Waals surface area (Å²) in [6.07, 6.45) is 6.28. The Morgan fingerprint density at radius 2 is 2.00 bits per heavy atom. The molecule has 1 aromatic carbocycles. The Balaban J connectivity index is 2.09. The van der Waals surface area contributed by atoms with Crippen LogP contribution in [0.1, 0.15) is 37.4 Å². The maximum absolute atomic E-state index is 4.26. The Morgan fingerprint density at radius 1 is 1.25 bits per heavy atom. The molecule has 0 saturated carbocycles. The second-order valence-electron chi connectivity index (χ2n) is 5.55. The maximum Gasteiger partial charge on any atom is 0.0521 e. The summed E-state index contributed by atoms with van der Waals surface area (Å²) in [6.45, 7) is 5.57. The fraction of sp³-hybridized carbons (Fsp3) is 0.471. The molecule has 1 N–H and O–H groups in total. The summed E-state index contributed by atoms with van der Waals surface area (Å²) < 4.78 is 1.87. The molecule has 0 aliphatic carbocycles. The molecule has 3 nitrogen and oxygen atoms in total. The van der Waals surface area contributed by atoms with Gasteiger partial charge in [-0.3, -0.25) is 4.68 Å². The molecule has 0 aliphatic rings. The van der Waals surface area contributed by atoms with Crippen LogP contribution in [0.4, 0.5) is 0 Å². The molecule has 0 fully saturated rings. The van der Waals surface area contributed by atoms with Crippen LogP contribution in [0.3, 0.4) is 0 Å². The van der Waals surface area contributed by atoms with Gasteiger partial charge >= 0.3 is 0 Å². The van der Waals surface area contributed by atoms with E-state index in [2.05, 4.69) is 60.8 Å². The molecular formula is C17H25N3. The summed E-state index contributed by atoms with van der Waals surface area (Å²) in [5.74, 6) is 0.535. The molecule has 20 heavy (non-hydrogen) atoms. The van der Waals surface area contributed by atoms with Crippen molar-refractivity contribution >= 4 is 0 Å². The minimum absolute atomic E-state index is 0.399. The van der Waals surface area contributed by atoms with E-state index in [1.54, 1.807) is 0 Å². The van der Waals surface area contributed by atoms with E-state index in [9.17, 15) is 0 Å². The van der Waals surface area contributed by atoms with E-state index < -0.39 is 0 Å². The van der Waals surface area contributed by atoms with Gasteiger partial charge in [0, 0.05) is 19.3 Å². The van der Waals surface area contributed by atoms with Gasteiger partial charge in [-0.25, -0.2) is 0 Å². The molecule has 2 unspecified atom stereocenters. The standard InChI is InChI=1S/C17H25N3/c1-4-10-18-17(16-8-6-5-7-9-16)14(2)11-15-12-19-20(3)13-15/h5-9,12-14,17-18H,4,10-11H2,1-3H3. The second kappa shape index (κ2) is 7.25. The Morgan fingerprint density at radius 3 is 2.60 bits per heavy atom. The first-order chi connectivity index (χ1) is 9.70. The quantitative estimate of drug-likeness (QED) is 0.837. The van der Waals surface area contributed by atoms with Crippen molar-refractivity contribution in [2.75, 3.05) is 6.54 Å². The summed E-state index contributed by atoms with van der Waals surface area (Å²) in [6, 6.07) is 11.1. The second-order valence-corrected chi connectivity index (χ2v) is 5.55. The third-order valence-corrected chi connectivity index (χ3v) is 3.66. The number of benzene rings is 1. The fourth-order valence-corrected chi connectivity index (χ4v) is 2.67. The predicted octanol–water partition coefficient (Wildman–Crippen LogP) is 3.34. The van der Waals surface area contributed by atoms with Crippen LogP contribution in [-0.4, -0.2) is 16.3 Å². The van der Waals surface area contributed by atoms with E-state index in [0.717, 1.165) is 19.4 Å². The van der Waals surface area contributed by atoms with Crippen molar-refractivity contribution < 1.29 is 0 Å². The summed E-state index contributed by atoms with van der Waals surface area (Å²) in [7, 11) is 1.97. The third kappa shape index (κ3) is 3.94. The van der Waals surface area contributed by atoms with Crippen LogP contribution < -0.4 is 5.32 Å². The first kappa shape index (κ1) is 14.8. The normalized spacial score (nSPS) is 14.2. The van der Waals surface area contributed by atoms with Gasteiger partial charge in [0.15, 0.2) is 0 Å². The topological polar surface area (TPSA) is 29.9 Å². The number of aryl methyl sites for hydroxylation is 1. The van der Waals surface area contributed by atoms with Crippen LogP contribution in [0.5, 0.6) is 0 Å². The van der Waals surface area contributed by atoms with Crippen molar-refractivity contribution in [3.63, 3.8) is 0 Å². The molecule has 0 saturated heterocycles. The maximum atomic E-state index is 4.26. The average molecular weight is 271 g/mol. The van der Waals surface area contributed by atoms with Gasteiger partial charge in [0.1, 0.15) is 0 Å². The van der Waals surface area contributed by atoms with E-state index in [0.29, 0.717) is 12.0 Å². The molecule has 108 valence electrons. The number of nitrogens with zero attached hydrogens (tertiary/aromatic N) is 2. The highest BCUT2D eigenvalue weighted by Gasteiger charge is 2.19. The van der Waals surface area contributed by atoms with E-state index in [1.807, 2.05) is 17.9 Å². The van der Waals surface area contributed by atoms with Crippen molar-refractivity contribution in [2.24, 2.45) is 13.0 Å². The van der Waals surface area contributed by atoms with Crippen LogP contribution in [0.25, 0.3) is 0 Å². The molecule has 0 spiro atoms. The lowest BCUT2D eigenvalue weighted by atomic mass is 9.90. The zero-order chi connectivity index (χ0) is 14.4. The molecular weight excluding hydrogens is 246 g/mol. The Hall–Kier alpha value is -1.61. The van der Waals surface area contributed by atoms with Gasteiger partial charge < -0.3 is 5.32 Å². The van der Waals surface area contributed by atoms with Gasteiger partial charge in [-0.2, -0.15) is 5.10 Å². The highest BCUT2D eigenvalue weighted by atomic mass is 15.2. The summed E-state index contributed by atoms with van der Waals surface area (Å²) in [5, 5.41) is 7.95. The predicted molar refractivity (Wildman–Crippen MR) is 83.6 cm³/mol. The first-order valence-corrected chi connectivity index (χ1v) is 7.46. The van der Waals surface area contributed by atoms with Gasteiger partial charge in [0.25, 0.3) is 0 Å². The lowest BCUT2D eigenvalue weighted by Gasteiger charge is -2.25. The van der Waals surface area contributed by atoms with E-state index in [1.165, 1.54) is 11.1 Å². The molecule has 2 rings (SSSR count). The van der Waals surface area contributed by atoms with E-state index in [-0.39, 0.29) is 0 Å². The van der Waals surface area contributed by atoms with Crippen LogP contribution in [-0.2, 0) is 13.5 Å². The molecule has 0 bridgehead atoms. The summed E-state index contributed by atoms with van der Waals surface area (Å²) >= 11 is 0. The molecule has 1 heterocycles. The Labute approximate surface area is 122 Å². The lowest BCUT2D eigenvalue weighted by molar-refractivity contribution is 0.384. The van der Waals surface area contributed by atoms with Gasteiger partial charge in [-0.15, -0.1) is 0 Å². The number of aromatic nitrogens is 2. The van der Waals surface area contributed by atoms with E-state index >= 15 is 0 Å². The summed E-state index contributed by atoms with van der Waals surface area (Å²) in [5.41, 5.74) is 2.68. The average Bonchev–Trinajstić information content (AvgIpc) is 2.86. The molecule has 1 aromatic heterocycles. The van der Waals surface area contributed by atoms with Crippen molar-refractivity contribution in [1.29, 1.82) is 0 Å². The van der Waals surface area contributed by atoms with Crippen molar-refractivity contribution in [1.82, 2.24) is 15.1 Å². The monoisotopic (exact) mass is 271 g/mol. The molecule has 0 aliphatic heterocycles. The van der Waals surface area contributed by atoms with Gasteiger partial charge in [-0.1, -0.05) is 44.2 Å². The third-order valence-electron chi connectivity index (χ3n) is 3.66. The van der Waals surface area contributed by atoms with E-state index in [4.69, 9.17) is 0 Å². The smallest absolute Gasteiger partial charge is 0.0521 e. The number of hydrogen-bond donors (Lipinski definition) is 1. The highest BCUT2D eigenvalue weighted by Crippen LogP contribution is 2.25. The number of nitrogens with one attached hydrogen (secondary N) is 1. The first-order valence-electron chi connectivity index (χ1n) is 7.46. The van der Waals surface area contributed by atoms with Crippen LogP contribution in [0, 0.1) is 5.92 Å². The molecule has 2 aromatic rings. The van der Waals surface area contributed by atoms with Crippen molar-refractivity contribution in [2.45, 2.75) is 32.7 Å². The molecule has 3 heteroatoms.